The molecule has 0 aliphatic heterocycles. The van der Waals surface area contributed by atoms with Crippen molar-refractivity contribution in [2.45, 2.75) is 13.1 Å². The first-order valence-electron chi connectivity index (χ1n) is 8.03. The summed E-state index contributed by atoms with van der Waals surface area (Å²) in [5.41, 5.74) is 8.19. The van der Waals surface area contributed by atoms with E-state index >= 15 is 0 Å². The number of halogens is 2. The van der Waals surface area contributed by atoms with Crippen LogP contribution < -0.4 is 11.1 Å². The Balaban J connectivity index is 1.70. The highest BCUT2D eigenvalue weighted by Crippen LogP contribution is 2.31. The molecule has 3 rings (SSSR count). The maximum absolute atomic E-state index is 10.6. The summed E-state index contributed by atoms with van der Waals surface area (Å²) in [6.07, 6.45) is 2.92. The van der Waals surface area contributed by atoms with Crippen LogP contribution in [0.15, 0.2) is 42.9 Å². The highest BCUT2D eigenvalue weighted by molar-refractivity contribution is 6.36. The minimum Gasteiger partial charge on any atom is -0.368 e. The molecule has 8 nitrogen and oxygen atoms in total. The average Bonchev–Trinajstić information content (AvgIpc) is 3.04. The fourth-order valence-electron chi connectivity index (χ4n) is 2.62. The monoisotopic (exact) mass is 406 g/mol. The van der Waals surface area contributed by atoms with Gasteiger partial charge < -0.3 is 15.6 Å². The molecule has 3 N–H and O–H groups in total. The van der Waals surface area contributed by atoms with Crippen LogP contribution in [-0.2, 0) is 13.1 Å². The summed E-state index contributed by atoms with van der Waals surface area (Å²) < 4.78 is 1.93. The molecule has 0 fully saturated rings. The van der Waals surface area contributed by atoms with E-state index in [1.54, 1.807) is 24.5 Å². The van der Waals surface area contributed by atoms with Gasteiger partial charge in [-0.1, -0.05) is 23.2 Å². The number of nitrogens with one attached hydrogen (secondary N) is 1. The first kappa shape index (κ1) is 19.1. The minimum atomic E-state index is -0.487. The summed E-state index contributed by atoms with van der Waals surface area (Å²) in [5.74, 6) is 0.552. The molecule has 0 unspecified atom stereocenters. The first-order chi connectivity index (χ1) is 13.0. The van der Waals surface area contributed by atoms with Crippen molar-refractivity contribution in [2.24, 2.45) is 5.73 Å². The Bertz CT molecular complexity index is 959. The Hall–Kier alpha value is -2.68. The third kappa shape index (κ3) is 4.36. The van der Waals surface area contributed by atoms with E-state index in [4.69, 9.17) is 28.9 Å². The summed E-state index contributed by atoms with van der Waals surface area (Å²) in [6, 6.07) is 8.20. The Morgan fingerprint density at radius 2 is 2.04 bits per heavy atom. The zero-order chi connectivity index (χ0) is 19.4. The van der Waals surface area contributed by atoms with Gasteiger partial charge >= 0.3 is 0 Å². The van der Waals surface area contributed by atoms with Gasteiger partial charge in [-0.25, -0.2) is 9.97 Å². The van der Waals surface area contributed by atoms with Gasteiger partial charge in [0.25, 0.3) is 5.69 Å². The molecule has 27 heavy (non-hydrogen) atoms. The lowest BCUT2D eigenvalue weighted by molar-refractivity contribution is -0.385. The van der Waals surface area contributed by atoms with Crippen molar-refractivity contribution in [3.63, 3.8) is 0 Å². The number of hydrogen-bond donors (Lipinski definition) is 2. The normalized spacial score (nSPS) is 10.8. The quantitative estimate of drug-likeness (QED) is 0.456. The van der Waals surface area contributed by atoms with Crippen LogP contribution in [0.3, 0.4) is 0 Å². The highest BCUT2D eigenvalue weighted by Gasteiger charge is 2.14. The summed E-state index contributed by atoms with van der Waals surface area (Å²) >= 11 is 12.2. The molecule has 140 valence electrons. The van der Waals surface area contributed by atoms with Crippen LogP contribution >= 0.6 is 23.2 Å². The molecule has 0 radical (unpaired) electrons. The van der Waals surface area contributed by atoms with Gasteiger partial charge in [0.1, 0.15) is 12.0 Å². The molecule has 0 aliphatic rings. The van der Waals surface area contributed by atoms with Crippen LogP contribution in [0.2, 0.25) is 10.0 Å². The molecule has 2 heterocycles. The van der Waals surface area contributed by atoms with Gasteiger partial charge in [-0.05, 0) is 24.3 Å². The third-order valence-electron chi connectivity index (χ3n) is 3.94. The Morgan fingerprint density at radius 1 is 1.22 bits per heavy atom. The number of pyridine rings is 1. The van der Waals surface area contributed by atoms with E-state index < -0.39 is 4.92 Å². The number of anilines is 1. The van der Waals surface area contributed by atoms with Gasteiger partial charge in [0.05, 0.1) is 27.7 Å². The largest absolute Gasteiger partial charge is 0.368 e. The van der Waals surface area contributed by atoms with Gasteiger partial charge in [0, 0.05) is 36.3 Å². The van der Waals surface area contributed by atoms with Crippen molar-refractivity contribution in [1.29, 1.82) is 0 Å². The van der Waals surface area contributed by atoms with Crippen LogP contribution in [0.4, 0.5) is 11.5 Å². The van der Waals surface area contributed by atoms with Crippen molar-refractivity contribution >= 4 is 34.7 Å². The molecule has 0 atom stereocenters. The fourth-order valence-corrected chi connectivity index (χ4v) is 3.12. The smallest absolute Gasteiger partial charge is 0.287 e. The van der Waals surface area contributed by atoms with Crippen molar-refractivity contribution in [2.75, 3.05) is 11.9 Å². The summed E-state index contributed by atoms with van der Waals surface area (Å²) in [4.78, 5) is 18.6. The lowest BCUT2D eigenvalue weighted by atomic mass is 10.1. The summed E-state index contributed by atoms with van der Waals surface area (Å²) in [6.45, 7) is 1.43. The lowest BCUT2D eigenvalue weighted by Crippen LogP contribution is -2.14. The predicted octanol–water partition coefficient (Wildman–Crippen LogP) is 3.73. The molecular formula is C17H16Cl2N6O2. The standard InChI is InChI=1S/C17H16Cl2N6O2/c18-11-1-3-13(14(19)7-11)17-15(8-20)24(10-23-17)6-5-21-16-4-2-12(9-22-16)25(26)27/h1-4,7,9-10H,5-6,8,20H2,(H,21,22). The van der Waals surface area contributed by atoms with Crippen LogP contribution in [-0.4, -0.2) is 26.0 Å². The van der Waals surface area contributed by atoms with Crippen molar-refractivity contribution in [3.8, 4) is 11.3 Å². The SMILES string of the molecule is NCc1c(-c2ccc(Cl)cc2Cl)ncn1CCNc1ccc([N+](=O)[O-])cn1. The van der Waals surface area contributed by atoms with Crippen LogP contribution in [0, 0.1) is 10.1 Å². The second-order valence-corrected chi connectivity index (χ2v) is 6.49. The second-order valence-electron chi connectivity index (χ2n) is 5.65. The second kappa shape index (κ2) is 8.34. The highest BCUT2D eigenvalue weighted by atomic mass is 35.5. The zero-order valence-corrected chi connectivity index (χ0v) is 15.6. The van der Waals surface area contributed by atoms with Crippen molar-refractivity contribution in [3.05, 3.63) is 68.7 Å². The van der Waals surface area contributed by atoms with E-state index in [9.17, 15) is 10.1 Å². The maximum atomic E-state index is 10.6. The van der Waals surface area contributed by atoms with E-state index in [0.29, 0.717) is 41.2 Å². The van der Waals surface area contributed by atoms with Gasteiger partial charge in [-0.2, -0.15) is 0 Å². The molecule has 0 bridgehead atoms. The Kier molecular flexibility index (Phi) is 5.90. The Labute approximate surface area is 165 Å². The molecule has 0 aliphatic carbocycles. The lowest BCUT2D eigenvalue weighted by Gasteiger charge is -2.10. The van der Waals surface area contributed by atoms with E-state index in [0.717, 1.165) is 11.3 Å². The number of nitro groups is 1. The van der Waals surface area contributed by atoms with E-state index in [2.05, 4.69) is 15.3 Å². The van der Waals surface area contributed by atoms with Crippen molar-refractivity contribution in [1.82, 2.24) is 14.5 Å². The molecule has 0 saturated heterocycles. The number of hydrogen-bond acceptors (Lipinski definition) is 6. The number of nitrogens with two attached hydrogens (primary N) is 1. The topological polar surface area (TPSA) is 112 Å². The van der Waals surface area contributed by atoms with Crippen LogP contribution in [0.5, 0.6) is 0 Å². The van der Waals surface area contributed by atoms with Crippen LogP contribution in [0.25, 0.3) is 11.3 Å². The van der Waals surface area contributed by atoms with Gasteiger partial charge in [-0.3, -0.25) is 10.1 Å². The van der Waals surface area contributed by atoms with Gasteiger partial charge in [0.2, 0.25) is 0 Å². The van der Waals surface area contributed by atoms with E-state index in [1.165, 1.54) is 12.3 Å². The number of nitrogens with zero attached hydrogens (tertiary/aromatic N) is 4. The van der Waals surface area contributed by atoms with E-state index in [-0.39, 0.29) is 5.69 Å². The van der Waals surface area contributed by atoms with Crippen LogP contribution in [0.1, 0.15) is 5.69 Å². The molecule has 0 spiro atoms. The number of imidazole rings is 1. The molecular weight excluding hydrogens is 391 g/mol. The molecule has 3 aromatic rings. The third-order valence-corrected chi connectivity index (χ3v) is 4.49. The summed E-state index contributed by atoms with van der Waals surface area (Å²) in [7, 11) is 0. The fraction of sp³-hybridized carbons (Fsp3) is 0.176. The molecule has 1 aromatic carbocycles. The van der Waals surface area contributed by atoms with E-state index in [1.807, 2.05) is 10.6 Å². The molecule has 0 amide bonds. The van der Waals surface area contributed by atoms with Gasteiger partial charge in [-0.15, -0.1) is 0 Å². The van der Waals surface area contributed by atoms with Crippen molar-refractivity contribution < 1.29 is 4.92 Å². The predicted molar refractivity (Wildman–Crippen MR) is 105 cm³/mol. The number of benzene rings is 1. The molecule has 0 saturated carbocycles. The maximum Gasteiger partial charge on any atom is 0.287 e. The molecule has 10 heteroatoms. The number of aromatic nitrogens is 3. The first-order valence-corrected chi connectivity index (χ1v) is 8.79. The van der Waals surface area contributed by atoms with Gasteiger partial charge in [0.15, 0.2) is 0 Å². The number of rotatable bonds is 7. The summed E-state index contributed by atoms with van der Waals surface area (Å²) in [5, 5.41) is 14.8. The Morgan fingerprint density at radius 3 is 2.67 bits per heavy atom. The average molecular weight is 407 g/mol. The minimum absolute atomic E-state index is 0.0509. The zero-order valence-electron chi connectivity index (χ0n) is 14.1. The molecule has 2 aromatic heterocycles.